The summed E-state index contributed by atoms with van der Waals surface area (Å²) in [5.41, 5.74) is 3.74. The average molecular weight is 284 g/mol. The van der Waals surface area contributed by atoms with E-state index in [9.17, 15) is 5.11 Å². The van der Waals surface area contributed by atoms with E-state index in [-0.39, 0.29) is 0 Å². The van der Waals surface area contributed by atoms with E-state index in [0.29, 0.717) is 6.04 Å². The molecule has 3 rings (SSSR count). The minimum atomic E-state index is -0.404. The van der Waals surface area contributed by atoms with Crippen molar-refractivity contribution in [3.63, 3.8) is 0 Å². The molecule has 1 aliphatic heterocycles. The molecule has 1 saturated heterocycles. The third-order valence-corrected chi connectivity index (χ3v) is 4.49. The Morgan fingerprint density at radius 1 is 1.48 bits per heavy atom. The number of aliphatic hydroxyl groups excluding tert-OH is 1. The van der Waals surface area contributed by atoms with Crippen LogP contribution in [-0.4, -0.2) is 40.7 Å². The van der Waals surface area contributed by atoms with Gasteiger partial charge in [-0.2, -0.15) is 0 Å². The molecular weight excluding hydrogens is 260 g/mol. The number of fused-ring (bicyclic) bond motifs is 1. The summed E-state index contributed by atoms with van der Waals surface area (Å²) in [6.45, 7) is 2.99. The number of nitrogens with zero attached hydrogens (tertiary/aromatic N) is 1. The Bertz CT molecular complexity index is 642. The quantitative estimate of drug-likeness (QED) is 0.905. The van der Waals surface area contributed by atoms with Crippen LogP contribution in [0.2, 0.25) is 0 Å². The van der Waals surface area contributed by atoms with Gasteiger partial charge in [-0.25, -0.2) is 0 Å². The molecule has 1 aromatic carbocycles. The van der Waals surface area contributed by atoms with Crippen molar-refractivity contribution >= 4 is 17.0 Å². The van der Waals surface area contributed by atoms with Crippen LogP contribution >= 0.6 is 0 Å². The summed E-state index contributed by atoms with van der Waals surface area (Å²) in [5, 5.41) is 10.7. The van der Waals surface area contributed by atoms with E-state index in [0.717, 1.165) is 12.0 Å². The molecule has 3 heteroatoms. The molecule has 0 saturated carbocycles. The maximum absolute atomic E-state index is 9.36. The van der Waals surface area contributed by atoms with Crippen LogP contribution < -0.4 is 0 Å². The van der Waals surface area contributed by atoms with Crippen LogP contribution in [0.5, 0.6) is 0 Å². The van der Waals surface area contributed by atoms with Crippen LogP contribution in [0.15, 0.2) is 30.5 Å². The van der Waals surface area contributed by atoms with Crippen LogP contribution in [0, 0.1) is 0 Å². The summed E-state index contributed by atoms with van der Waals surface area (Å²) in [6, 6.07) is 7.09. The molecule has 1 aliphatic rings. The summed E-state index contributed by atoms with van der Waals surface area (Å²) < 4.78 is 0. The van der Waals surface area contributed by atoms with Gasteiger partial charge in [-0.05, 0) is 63.0 Å². The van der Waals surface area contributed by atoms with Gasteiger partial charge >= 0.3 is 0 Å². The molecule has 2 atom stereocenters. The predicted molar refractivity (Wildman–Crippen MR) is 88.4 cm³/mol. The standard InChI is InChI=1S/C18H24N2O/c1-13(21)5-6-14-7-8-18-17(10-14)15(12-19-18)11-16-4-3-9-20(16)2/h5-8,10,12-13,16,19,21H,3-4,9,11H2,1-2H3/b6-5+/t13?,16-/m1/s1. The second kappa shape index (κ2) is 6.04. The summed E-state index contributed by atoms with van der Waals surface area (Å²) in [7, 11) is 2.23. The maximum Gasteiger partial charge on any atom is 0.0696 e. The summed E-state index contributed by atoms with van der Waals surface area (Å²) >= 11 is 0. The lowest BCUT2D eigenvalue weighted by Crippen LogP contribution is -2.26. The minimum absolute atomic E-state index is 0.404. The van der Waals surface area contributed by atoms with E-state index in [1.54, 1.807) is 6.92 Å². The SMILES string of the molecule is CC(O)/C=C/c1ccc2[nH]cc(C[C@H]3CCCN3C)c2c1. The molecule has 2 N–H and O–H groups in total. The number of hydrogen-bond donors (Lipinski definition) is 2. The summed E-state index contributed by atoms with van der Waals surface area (Å²) in [5.74, 6) is 0. The molecule has 0 aliphatic carbocycles. The van der Waals surface area contributed by atoms with Gasteiger partial charge in [0.15, 0.2) is 0 Å². The van der Waals surface area contributed by atoms with Crippen LogP contribution in [0.25, 0.3) is 17.0 Å². The Hall–Kier alpha value is -1.58. The fourth-order valence-electron chi connectivity index (χ4n) is 3.21. The fraction of sp³-hybridized carbons (Fsp3) is 0.444. The lowest BCUT2D eigenvalue weighted by molar-refractivity contribution is 0.245. The van der Waals surface area contributed by atoms with Crippen molar-refractivity contribution in [1.82, 2.24) is 9.88 Å². The van der Waals surface area contributed by atoms with Crippen LogP contribution in [0.4, 0.5) is 0 Å². The van der Waals surface area contributed by atoms with Gasteiger partial charge in [-0.3, -0.25) is 0 Å². The topological polar surface area (TPSA) is 39.3 Å². The zero-order chi connectivity index (χ0) is 14.8. The van der Waals surface area contributed by atoms with Crippen molar-refractivity contribution in [1.29, 1.82) is 0 Å². The van der Waals surface area contributed by atoms with E-state index in [1.165, 1.54) is 35.9 Å². The Morgan fingerprint density at radius 3 is 3.05 bits per heavy atom. The van der Waals surface area contributed by atoms with Crippen LogP contribution in [0.3, 0.4) is 0 Å². The highest BCUT2D eigenvalue weighted by molar-refractivity contribution is 5.85. The number of aromatic amines is 1. The Balaban J connectivity index is 1.87. The number of benzene rings is 1. The van der Waals surface area contributed by atoms with Crippen molar-refractivity contribution < 1.29 is 5.11 Å². The first-order chi connectivity index (χ1) is 10.1. The number of hydrogen-bond acceptors (Lipinski definition) is 2. The van der Waals surface area contributed by atoms with Crippen LogP contribution in [-0.2, 0) is 6.42 Å². The highest BCUT2D eigenvalue weighted by Gasteiger charge is 2.22. The number of rotatable bonds is 4. The number of H-pyrrole nitrogens is 1. The molecule has 21 heavy (non-hydrogen) atoms. The predicted octanol–water partition coefficient (Wildman–Crippen LogP) is 3.20. The zero-order valence-electron chi connectivity index (χ0n) is 12.8. The monoisotopic (exact) mass is 284 g/mol. The van der Waals surface area contributed by atoms with Crippen molar-refractivity contribution in [3.05, 3.63) is 41.6 Å². The van der Waals surface area contributed by atoms with Crippen molar-refractivity contribution in [2.45, 2.75) is 38.3 Å². The second-order valence-electron chi connectivity index (χ2n) is 6.20. The smallest absolute Gasteiger partial charge is 0.0696 e. The molecule has 1 aromatic heterocycles. The number of likely N-dealkylation sites (N-methyl/N-ethyl adjacent to an activating group) is 1. The molecule has 1 fully saturated rings. The van der Waals surface area contributed by atoms with Gasteiger partial charge in [0.05, 0.1) is 6.10 Å². The zero-order valence-corrected chi connectivity index (χ0v) is 12.8. The first-order valence-electron chi connectivity index (χ1n) is 7.80. The summed E-state index contributed by atoms with van der Waals surface area (Å²) in [4.78, 5) is 5.85. The van der Waals surface area contributed by atoms with E-state index in [2.05, 4.69) is 41.3 Å². The number of nitrogens with one attached hydrogen (secondary N) is 1. The maximum atomic E-state index is 9.36. The first kappa shape index (κ1) is 14.4. The minimum Gasteiger partial charge on any atom is -0.389 e. The van der Waals surface area contributed by atoms with Gasteiger partial charge in [0, 0.05) is 23.1 Å². The van der Waals surface area contributed by atoms with Gasteiger partial charge in [0.1, 0.15) is 0 Å². The van der Waals surface area contributed by atoms with E-state index in [1.807, 2.05) is 12.2 Å². The molecule has 1 unspecified atom stereocenters. The average Bonchev–Trinajstić information content (AvgIpc) is 3.04. The first-order valence-corrected chi connectivity index (χ1v) is 7.80. The Labute approximate surface area is 126 Å². The van der Waals surface area contributed by atoms with Crippen LogP contribution in [0.1, 0.15) is 30.9 Å². The van der Waals surface area contributed by atoms with Gasteiger partial charge in [0.25, 0.3) is 0 Å². The van der Waals surface area contributed by atoms with E-state index in [4.69, 9.17) is 0 Å². The third kappa shape index (κ3) is 3.20. The molecule has 0 amide bonds. The molecule has 112 valence electrons. The van der Waals surface area contributed by atoms with E-state index >= 15 is 0 Å². The van der Waals surface area contributed by atoms with Gasteiger partial charge in [-0.15, -0.1) is 0 Å². The number of likely N-dealkylation sites (tertiary alicyclic amines) is 1. The lowest BCUT2D eigenvalue weighted by atomic mass is 10.0. The van der Waals surface area contributed by atoms with Gasteiger partial charge in [0.2, 0.25) is 0 Å². The molecule has 0 spiro atoms. The highest BCUT2D eigenvalue weighted by atomic mass is 16.3. The number of aromatic nitrogens is 1. The molecule has 2 heterocycles. The Morgan fingerprint density at radius 2 is 2.33 bits per heavy atom. The van der Waals surface area contributed by atoms with Gasteiger partial charge < -0.3 is 15.0 Å². The molecule has 0 radical (unpaired) electrons. The van der Waals surface area contributed by atoms with Crippen molar-refractivity contribution in [3.8, 4) is 0 Å². The number of aliphatic hydroxyl groups is 1. The normalized spacial score (nSPS) is 21.6. The largest absolute Gasteiger partial charge is 0.389 e. The molecule has 3 nitrogen and oxygen atoms in total. The van der Waals surface area contributed by atoms with Crippen molar-refractivity contribution in [2.75, 3.05) is 13.6 Å². The highest BCUT2D eigenvalue weighted by Crippen LogP contribution is 2.25. The summed E-state index contributed by atoms with van der Waals surface area (Å²) in [6.07, 6.45) is 9.27. The van der Waals surface area contributed by atoms with E-state index < -0.39 is 6.10 Å². The fourth-order valence-corrected chi connectivity index (χ4v) is 3.21. The Kier molecular flexibility index (Phi) is 4.13. The molecule has 0 bridgehead atoms. The van der Waals surface area contributed by atoms with Crippen molar-refractivity contribution in [2.24, 2.45) is 0 Å². The van der Waals surface area contributed by atoms with Gasteiger partial charge in [-0.1, -0.05) is 18.2 Å². The third-order valence-electron chi connectivity index (χ3n) is 4.49. The molecule has 2 aromatic rings. The second-order valence-corrected chi connectivity index (χ2v) is 6.20. The lowest BCUT2D eigenvalue weighted by Gasteiger charge is -2.18. The molecular formula is C18H24N2O.